The van der Waals surface area contributed by atoms with Crippen molar-refractivity contribution in [2.24, 2.45) is 5.14 Å². The average Bonchev–Trinajstić information content (AvgIpc) is 2.32. The Bertz CT molecular complexity index is 339. The third-order valence-electron chi connectivity index (χ3n) is 1.27. The van der Waals surface area contributed by atoms with Crippen LogP contribution in [0.25, 0.3) is 0 Å². The normalized spacial score (nSPS) is 16.2. The maximum atomic E-state index is 10.9. The molecule has 0 spiro atoms. The quantitative estimate of drug-likeness (QED) is 0.701. The second-order valence-electron chi connectivity index (χ2n) is 2.14. The molecular weight excluding hydrogens is 182 g/mol. The van der Waals surface area contributed by atoms with Gasteiger partial charge in [-0.3, -0.25) is 0 Å². The zero-order valence-electron chi connectivity index (χ0n) is 6.11. The minimum absolute atomic E-state index is 0.356. The van der Waals surface area contributed by atoms with Crippen LogP contribution in [0.3, 0.4) is 0 Å². The number of thiophene rings is 1. The van der Waals surface area contributed by atoms with Crippen molar-refractivity contribution in [2.75, 3.05) is 0 Å². The highest BCUT2D eigenvalue weighted by atomic mass is 32.2. The van der Waals surface area contributed by atoms with Crippen LogP contribution in [-0.4, -0.2) is 8.42 Å². The fraction of sp³-hybridized carbons (Fsp3) is 0.333. The van der Waals surface area contributed by atoms with E-state index in [1.165, 1.54) is 11.3 Å². The van der Waals surface area contributed by atoms with E-state index < -0.39 is 10.0 Å². The molecule has 0 fully saturated rings. The predicted molar refractivity (Wildman–Crippen MR) is 46.2 cm³/mol. The largest absolute Gasteiger partial charge is 0.380 e. The Kier molecular flexibility index (Phi) is 2.31. The lowest BCUT2D eigenvalue weighted by atomic mass is 10.4. The van der Waals surface area contributed by atoms with Crippen molar-refractivity contribution in [3.63, 3.8) is 0 Å². The summed E-state index contributed by atoms with van der Waals surface area (Å²) in [5.41, 5.74) is 0. The van der Waals surface area contributed by atoms with Gasteiger partial charge < -0.3 is 0 Å². The highest BCUT2D eigenvalue weighted by Crippen LogP contribution is 2.20. The van der Waals surface area contributed by atoms with Crippen LogP contribution in [0.15, 0.2) is 16.3 Å². The van der Waals surface area contributed by atoms with Crippen LogP contribution in [0.2, 0.25) is 0 Å². The van der Waals surface area contributed by atoms with Crippen LogP contribution >= 0.6 is 11.3 Å². The molecule has 1 rings (SSSR count). The topological polar surface area (TPSA) is 64.5 Å². The molecule has 11 heavy (non-hydrogen) atoms. The van der Waals surface area contributed by atoms with Gasteiger partial charge in [0, 0.05) is 4.88 Å². The first-order valence-corrected chi connectivity index (χ1v) is 5.56. The molecule has 1 heterocycles. The summed E-state index contributed by atoms with van der Waals surface area (Å²) in [5.74, 6) is 0. The molecule has 0 aliphatic heterocycles. The number of aryl methyl sites for hydroxylation is 1. The van der Waals surface area contributed by atoms with E-state index in [1.807, 2.05) is 13.0 Å². The molecule has 0 saturated carbocycles. The van der Waals surface area contributed by atoms with Crippen molar-refractivity contribution in [1.82, 2.24) is 0 Å². The number of hydrogen-bond donors (Lipinski definition) is 1. The van der Waals surface area contributed by atoms with Crippen LogP contribution in [0.1, 0.15) is 11.8 Å². The predicted octanol–water partition coefficient (Wildman–Crippen LogP) is 1.12. The highest BCUT2D eigenvalue weighted by molar-refractivity contribution is 7.91. The Morgan fingerprint density at radius 3 is 2.64 bits per heavy atom. The lowest BCUT2D eigenvalue weighted by molar-refractivity contribution is 0.619. The second-order valence-corrected chi connectivity index (χ2v) is 5.15. The monoisotopic (exact) mass is 192 g/mol. The van der Waals surface area contributed by atoms with E-state index in [9.17, 15) is 4.21 Å². The maximum absolute atomic E-state index is 10.9. The van der Waals surface area contributed by atoms with Gasteiger partial charge >= 0.3 is 10.0 Å². The van der Waals surface area contributed by atoms with Crippen molar-refractivity contribution in [3.8, 4) is 0 Å². The van der Waals surface area contributed by atoms with Crippen molar-refractivity contribution in [1.29, 1.82) is 0 Å². The Hall–Kier alpha value is -0.390. The molecule has 0 amide bonds. The van der Waals surface area contributed by atoms with Crippen molar-refractivity contribution in [2.45, 2.75) is 17.6 Å². The summed E-state index contributed by atoms with van der Waals surface area (Å²) in [6.45, 7) is 1.99. The first kappa shape index (κ1) is 8.70. The Balaban J connectivity index is 3.09. The first-order valence-electron chi connectivity index (χ1n) is 3.17. The molecule has 3 N–H and O–H groups in total. The molecular formula is C6H10NO2S2+. The summed E-state index contributed by atoms with van der Waals surface area (Å²) in [6, 6.07) is 3.43. The van der Waals surface area contributed by atoms with Gasteiger partial charge in [0.05, 0.1) is 0 Å². The summed E-state index contributed by atoms with van der Waals surface area (Å²) >= 11 is 1.29. The Labute approximate surface area is 69.9 Å². The molecule has 1 aromatic rings. The summed E-state index contributed by atoms with van der Waals surface area (Å²) in [6.07, 6.45) is 0.875. The molecule has 1 atom stereocenters. The Morgan fingerprint density at radius 2 is 2.36 bits per heavy atom. The van der Waals surface area contributed by atoms with Gasteiger partial charge in [0.1, 0.15) is 0 Å². The van der Waals surface area contributed by atoms with Crippen LogP contribution in [0.4, 0.5) is 0 Å². The zero-order valence-corrected chi connectivity index (χ0v) is 7.74. The molecule has 0 radical (unpaired) electrons. The van der Waals surface area contributed by atoms with Gasteiger partial charge in [0.25, 0.3) is 0 Å². The lowest BCUT2D eigenvalue weighted by Gasteiger charge is -1.83. The average molecular weight is 192 g/mol. The Morgan fingerprint density at radius 1 is 1.73 bits per heavy atom. The third kappa shape index (κ3) is 2.02. The minimum atomic E-state index is -3.22. The summed E-state index contributed by atoms with van der Waals surface area (Å²) < 4.78 is 20.1. The third-order valence-corrected chi connectivity index (χ3v) is 3.98. The van der Waals surface area contributed by atoms with Crippen LogP contribution in [0, 0.1) is 0 Å². The van der Waals surface area contributed by atoms with E-state index in [2.05, 4.69) is 0 Å². The zero-order chi connectivity index (χ0) is 8.48. The van der Waals surface area contributed by atoms with Gasteiger partial charge in [0.2, 0.25) is 0 Å². The van der Waals surface area contributed by atoms with E-state index in [-0.39, 0.29) is 0 Å². The fourth-order valence-corrected chi connectivity index (χ4v) is 2.44. The van der Waals surface area contributed by atoms with Crippen molar-refractivity contribution >= 4 is 21.4 Å². The molecule has 0 aliphatic rings. The van der Waals surface area contributed by atoms with E-state index in [1.54, 1.807) is 6.07 Å². The first-order chi connectivity index (χ1) is 5.04. The molecule has 1 aromatic heterocycles. The van der Waals surface area contributed by atoms with E-state index in [4.69, 9.17) is 9.35 Å². The molecule has 0 bridgehead atoms. The molecule has 0 aromatic carbocycles. The molecule has 1 unspecified atom stereocenters. The number of hydrogen-bond acceptors (Lipinski definition) is 2. The lowest BCUT2D eigenvalue weighted by Crippen LogP contribution is -2.09. The highest BCUT2D eigenvalue weighted by Gasteiger charge is 2.15. The fourth-order valence-electron chi connectivity index (χ4n) is 0.705. The van der Waals surface area contributed by atoms with Gasteiger partial charge in [-0.05, 0) is 18.6 Å². The SMILES string of the molecule is CCc1ccc(S(N)(=O)=[OH+])s1. The summed E-state index contributed by atoms with van der Waals surface area (Å²) in [5, 5.41) is 5.02. The summed E-state index contributed by atoms with van der Waals surface area (Å²) in [4.78, 5) is 1.08. The molecule has 5 heteroatoms. The second kappa shape index (κ2) is 2.92. The van der Waals surface area contributed by atoms with Gasteiger partial charge in [-0.2, -0.15) is 9.35 Å². The molecule has 3 nitrogen and oxygen atoms in total. The van der Waals surface area contributed by atoms with Crippen molar-refractivity contribution < 1.29 is 8.42 Å². The van der Waals surface area contributed by atoms with E-state index >= 15 is 0 Å². The van der Waals surface area contributed by atoms with E-state index in [0.29, 0.717) is 4.21 Å². The van der Waals surface area contributed by atoms with E-state index in [0.717, 1.165) is 11.3 Å². The van der Waals surface area contributed by atoms with Gasteiger partial charge in [-0.1, -0.05) is 6.92 Å². The maximum Gasteiger partial charge on any atom is 0.380 e. The molecule has 0 saturated heterocycles. The van der Waals surface area contributed by atoms with Gasteiger partial charge in [-0.15, -0.1) is 11.3 Å². The smallest absolute Gasteiger partial charge is 0.209 e. The standard InChI is InChI=1S/C6H9NO2S2/c1-2-5-3-4-6(10-5)11(7,8)9/h3-4H,2H2,1H3,(H2,7,8,9)/p+1. The van der Waals surface area contributed by atoms with Crippen LogP contribution in [0.5, 0.6) is 0 Å². The summed E-state index contributed by atoms with van der Waals surface area (Å²) in [7, 11) is -3.22. The number of nitrogens with two attached hydrogens (primary N) is 1. The van der Waals surface area contributed by atoms with Gasteiger partial charge in [0.15, 0.2) is 4.21 Å². The van der Waals surface area contributed by atoms with Gasteiger partial charge in [-0.25, -0.2) is 4.21 Å². The minimum Gasteiger partial charge on any atom is -0.209 e. The molecule has 62 valence electrons. The molecule has 0 aliphatic carbocycles. The van der Waals surface area contributed by atoms with Crippen LogP contribution in [-0.2, 0) is 16.4 Å². The van der Waals surface area contributed by atoms with Crippen molar-refractivity contribution in [3.05, 3.63) is 17.0 Å². The number of rotatable bonds is 2. The van der Waals surface area contributed by atoms with Crippen LogP contribution < -0.4 is 5.14 Å².